The third-order valence-corrected chi connectivity index (χ3v) is 1.89. The minimum Gasteiger partial charge on any atom is -0.300 e. The van der Waals surface area contributed by atoms with Crippen molar-refractivity contribution < 1.29 is 18.4 Å². The molecule has 1 aromatic rings. The van der Waals surface area contributed by atoms with E-state index in [0.717, 1.165) is 12.1 Å². The predicted octanol–water partition coefficient (Wildman–Crippen LogP) is 2.52. The molecule has 0 bridgehead atoms. The van der Waals surface area contributed by atoms with Gasteiger partial charge in [0, 0.05) is 24.5 Å². The molecular weight excluding hydrogens is 202 g/mol. The fraction of sp³-hybridized carbons (Fsp3) is 0.273. The van der Waals surface area contributed by atoms with Gasteiger partial charge in [0.1, 0.15) is 17.4 Å². The van der Waals surface area contributed by atoms with Gasteiger partial charge in [-0.3, -0.25) is 4.79 Å². The van der Waals surface area contributed by atoms with Crippen LogP contribution < -0.4 is 0 Å². The zero-order valence-corrected chi connectivity index (χ0v) is 8.22. The summed E-state index contributed by atoms with van der Waals surface area (Å²) in [5.41, 5.74) is -0.0336. The highest BCUT2D eigenvalue weighted by Gasteiger charge is 2.09. The van der Waals surface area contributed by atoms with Crippen LogP contribution >= 0.6 is 0 Å². The Balaban J connectivity index is 2.77. The van der Waals surface area contributed by atoms with Gasteiger partial charge in [-0.1, -0.05) is 0 Å². The number of rotatable bonds is 4. The summed E-state index contributed by atoms with van der Waals surface area (Å²) in [7, 11) is 0. The molecule has 0 heterocycles. The summed E-state index contributed by atoms with van der Waals surface area (Å²) >= 11 is 0. The summed E-state index contributed by atoms with van der Waals surface area (Å²) in [6, 6.07) is 2.62. The first-order valence-electron chi connectivity index (χ1n) is 4.48. The summed E-state index contributed by atoms with van der Waals surface area (Å²) in [4.78, 5) is 22.0. The molecule has 0 saturated heterocycles. The van der Waals surface area contributed by atoms with Crippen LogP contribution in [0.4, 0.5) is 8.78 Å². The number of benzene rings is 1. The Labute approximate surface area is 85.9 Å². The van der Waals surface area contributed by atoms with Gasteiger partial charge in [0.25, 0.3) is 0 Å². The van der Waals surface area contributed by atoms with E-state index in [4.69, 9.17) is 0 Å². The molecule has 0 saturated carbocycles. The summed E-state index contributed by atoms with van der Waals surface area (Å²) in [5, 5.41) is 0. The Hall–Kier alpha value is -1.58. The van der Waals surface area contributed by atoms with Crippen molar-refractivity contribution in [3.63, 3.8) is 0 Å². The molecule has 0 atom stereocenters. The van der Waals surface area contributed by atoms with Gasteiger partial charge >= 0.3 is 0 Å². The molecule has 2 nitrogen and oxygen atoms in total. The van der Waals surface area contributed by atoms with Gasteiger partial charge in [-0.25, -0.2) is 8.78 Å². The average Bonchev–Trinajstić information content (AvgIpc) is 2.12. The second kappa shape index (κ2) is 4.77. The number of ketones is 2. The van der Waals surface area contributed by atoms with Crippen molar-refractivity contribution in [1.82, 2.24) is 0 Å². The number of carbonyl (C=O) groups excluding carboxylic acids is 2. The molecule has 0 aliphatic carbocycles. The molecule has 1 rings (SSSR count). The molecule has 0 unspecified atom stereocenters. The maximum absolute atomic E-state index is 12.7. The molecule has 0 fully saturated rings. The highest BCUT2D eigenvalue weighted by molar-refractivity contribution is 5.97. The molecule has 15 heavy (non-hydrogen) atoms. The number of hydrogen-bond acceptors (Lipinski definition) is 2. The van der Waals surface area contributed by atoms with Crippen LogP contribution in [0.25, 0.3) is 0 Å². The molecule has 1 aromatic carbocycles. The van der Waals surface area contributed by atoms with E-state index in [0.29, 0.717) is 6.07 Å². The van der Waals surface area contributed by atoms with Gasteiger partial charge in [-0.05, 0) is 19.1 Å². The zero-order valence-electron chi connectivity index (χ0n) is 8.22. The van der Waals surface area contributed by atoms with Crippen molar-refractivity contribution in [3.05, 3.63) is 35.4 Å². The first kappa shape index (κ1) is 11.5. The van der Waals surface area contributed by atoms with Gasteiger partial charge in [0.05, 0.1) is 0 Å². The van der Waals surface area contributed by atoms with Crippen molar-refractivity contribution in [2.45, 2.75) is 19.8 Å². The highest BCUT2D eigenvalue weighted by Crippen LogP contribution is 2.11. The van der Waals surface area contributed by atoms with E-state index in [1.54, 1.807) is 0 Å². The molecule has 0 aromatic heterocycles. The second-order valence-electron chi connectivity index (χ2n) is 3.28. The van der Waals surface area contributed by atoms with Gasteiger partial charge in [-0.15, -0.1) is 0 Å². The molecule has 4 heteroatoms. The maximum atomic E-state index is 12.7. The van der Waals surface area contributed by atoms with Crippen molar-refractivity contribution in [2.24, 2.45) is 0 Å². The normalized spacial score (nSPS) is 10.1. The molecule has 80 valence electrons. The van der Waals surface area contributed by atoms with Crippen molar-refractivity contribution in [1.29, 1.82) is 0 Å². The van der Waals surface area contributed by atoms with Gasteiger partial charge < -0.3 is 4.79 Å². The van der Waals surface area contributed by atoms with Crippen LogP contribution in [-0.2, 0) is 4.79 Å². The van der Waals surface area contributed by atoms with E-state index in [9.17, 15) is 18.4 Å². The van der Waals surface area contributed by atoms with E-state index in [1.807, 2.05) is 0 Å². The van der Waals surface area contributed by atoms with Gasteiger partial charge in [0.15, 0.2) is 5.78 Å². The molecule has 0 spiro atoms. The zero-order chi connectivity index (χ0) is 11.4. The van der Waals surface area contributed by atoms with E-state index in [2.05, 4.69) is 0 Å². The summed E-state index contributed by atoms with van der Waals surface area (Å²) in [5.74, 6) is -2.13. The number of Topliss-reactive ketones (excluding diaryl/α,β-unsaturated/α-hetero) is 2. The van der Waals surface area contributed by atoms with Crippen molar-refractivity contribution >= 4 is 11.6 Å². The lowest BCUT2D eigenvalue weighted by atomic mass is 10.1. The first-order chi connectivity index (χ1) is 6.99. The van der Waals surface area contributed by atoms with Crippen LogP contribution in [0.1, 0.15) is 30.1 Å². The molecule has 0 N–H and O–H groups in total. The van der Waals surface area contributed by atoms with Crippen LogP contribution in [0.5, 0.6) is 0 Å². The monoisotopic (exact) mass is 212 g/mol. The number of halogens is 2. The second-order valence-corrected chi connectivity index (χ2v) is 3.28. The van der Waals surface area contributed by atoms with E-state index >= 15 is 0 Å². The Bertz CT molecular complexity index is 379. The Morgan fingerprint density at radius 3 is 2.07 bits per heavy atom. The van der Waals surface area contributed by atoms with Crippen molar-refractivity contribution in [2.75, 3.05) is 0 Å². The Morgan fingerprint density at radius 2 is 1.60 bits per heavy atom. The quantitative estimate of drug-likeness (QED) is 0.718. The molecule has 0 radical (unpaired) electrons. The Kier molecular flexibility index (Phi) is 3.66. The minimum absolute atomic E-state index is 0.0156. The van der Waals surface area contributed by atoms with Crippen LogP contribution in [0.2, 0.25) is 0 Å². The molecular formula is C11H10F2O2. The van der Waals surface area contributed by atoms with Gasteiger partial charge in [-0.2, -0.15) is 0 Å². The third-order valence-electron chi connectivity index (χ3n) is 1.89. The SMILES string of the molecule is CC(=O)CCC(=O)c1cc(F)cc(F)c1. The Morgan fingerprint density at radius 1 is 1.07 bits per heavy atom. The van der Waals surface area contributed by atoms with Crippen LogP contribution in [-0.4, -0.2) is 11.6 Å². The van der Waals surface area contributed by atoms with E-state index < -0.39 is 17.4 Å². The maximum Gasteiger partial charge on any atom is 0.163 e. The first-order valence-corrected chi connectivity index (χ1v) is 4.48. The lowest BCUT2D eigenvalue weighted by molar-refractivity contribution is -0.116. The highest BCUT2D eigenvalue weighted by atomic mass is 19.1. The fourth-order valence-corrected chi connectivity index (χ4v) is 1.15. The smallest absolute Gasteiger partial charge is 0.163 e. The lowest BCUT2D eigenvalue weighted by Gasteiger charge is -2.00. The van der Waals surface area contributed by atoms with E-state index in [1.165, 1.54) is 6.92 Å². The van der Waals surface area contributed by atoms with E-state index in [-0.39, 0.29) is 24.2 Å². The predicted molar refractivity (Wildman–Crippen MR) is 50.6 cm³/mol. The number of hydrogen-bond donors (Lipinski definition) is 0. The summed E-state index contributed by atoms with van der Waals surface area (Å²) in [6.45, 7) is 1.36. The molecule has 0 aliphatic rings. The standard InChI is InChI=1S/C11H10F2O2/c1-7(14)2-3-11(15)8-4-9(12)6-10(13)5-8/h4-6H,2-3H2,1H3. The van der Waals surface area contributed by atoms with Crippen LogP contribution in [0, 0.1) is 11.6 Å². The van der Waals surface area contributed by atoms with Crippen molar-refractivity contribution in [3.8, 4) is 0 Å². The minimum atomic E-state index is -0.791. The third kappa shape index (κ3) is 3.58. The largest absolute Gasteiger partial charge is 0.300 e. The lowest BCUT2D eigenvalue weighted by Crippen LogP contribution is -2.03. The van der Waals surface area contributed by atoms with Gasteiger partial charge in [0.2, 0.25) is 0 Å². The topological polar surface area (TPSA) is 34.1 Å². The average molecular weight is 212 g/mol. The molecule has 0 amide bonds. The number of carbonyl (C=O) groups is 2. The summed E-state index contributed by atoms with van der Waals surface area (Å²) < 4.78 is 25.5. The molecule has 0 aliphatic heterocycles. The van der Waals surface area contributed by atoms with Crippen LogP contribution in [0.3, 0.4) is 0 Å². The fourth-order valence-electron chi connectivity index (χ4n) is 1.15. The van der Waals surface area contributed by atoms with Crippen LogP contribution in [0.15, 0.2) is 18.2 Å². The summed E-state index contributed by atoms with van der Waals surface area (Å²) in [6.07, 6.45) is 0.0786.